The molecular weight excluding hydrogens is 428 g/mol. The van der Waals surface area contributed by atoms with Gasteiger partial charge in [0.1, 0.15) is 0 Å². The fourth-order valence-electron chi connectivity index (χ4n) is 5.46. The maximum absolute atomic E-state index is 12.6. The van der Waals surface area contributed by atoms with Gasteiger partial charge in [-0.2, -0.15) is 0 Å². The van der Waals surface area contributed by atoms with E-state index in [9.17, 15) is 4.79 Å². The molecule has 8 nitrogen and oxygen atoms in total. The van der Waals surface area contributed by atoms with Gasteiger partial charge in [-0.1, -0.05) is 23.7 Å². The van der Waals surface area contributed by atoms with Gasteiger partial charge in [0.25, 0.3) is 0 Å². The lowest BCUT2D eigenvalue weighted by atomic mass is 9.72. The van der Waals surface area contributed by atoms with Gasteiger partial charge in [0.15, 0.2) is 0 Å². The lowest BCUT2D eigenvalue weighted by Gasteiger charge is -2.39. The van der Waals surface area contributed by atoms with Gasteiger partial charge >= 0.3 is 6.01 Å². The Bertz CT molecular complexity index is 958. The van der Waals surface area contributed by atoms with Crippen molar-refractivity contribution < 1.29 is 9.53 Å². The zero-order valence-electron chi connectivity index (χ0n) is 18.1. The first-order chi connectivity index (χ1) is 15.6. The molecule has 2 aromatic rings. The number of methoxy groups -OCH3 is 1. The first kappa shape index (κ1) is 21.6. The van der Waals surface area contributed by atoms with E-state index in [-0.39, 0.29) is 18.0 Å². The minimum atomic E-state index is 0.119. The lowest BCUT2D eigenvalue weighted by Crippen LogP contribution is -2.50. The molecule has 3 aliphatic rings. The number of amides is 1. The molecular formula is C23H29ClN6O2. The molecule has 0 radical (unpaired) electrons. The summed E-state index contributed by atoms with van der Waals surface area (Å²) in [5, 5.41) is 4.04. The number of carbonyl (C=O) groups is 1. The number of halogens is 1. The third kappa shape index (κ3) is 4.59. The van der Waals surface area contributed by atoms with Crippen LogP contribution in [0.1, 0.15) is 30.0 Å². The van der Waals surface area contributed by atoms with Crippen molar-refractivity contribution in [2.24, 2.45) is 11.8 Å². The first-order valence-corrected chi connectivity index (χ1v) is 11.6. The quantitative estimate of drug-likeness (QED) is 0.631. The molecule has 3 heterocycles. The molecule has 0 bridgehead atoms. The average Bonchev–Trinajstić information content (AvgIpc) is 3.12. The Balaban J connectivity index is 1.27. The molecule has 5 rings (SSSR count). The molecule has 1 aliphatic carbocycles. The van der Waals surface area contributed by atoms with Crippen molar-refractivity contribution in [3.8, 4) is 6.01 Å². The predicted molar refractivity (Wildman–Crippen MR) is 121 cm³/mol. The van der Waals surface area contributed by atoms with Crippen molar-refractivity contribution in [3.63, 3.8) is 0 Å². The van der Waals surface area contributed by atoms with Crippen LogP contribution in [0.25, 0.3) is 0 Å². The lowest BCUT2D eigenvalue weighted by molar-refractivity contribution is -0.122. The van der Waals surface area contributed by atoms with Gasteiger partial charge in [-0.25, -0.2) is 15.4 Å². The van der Waals surface area contributed by atoms with E-state index in [1.807, 2.05) is 30.6 Å². The Morgan fingerprint density at radius 3 is 2.81 bits per heavy atom. The smallest absolute Gasteiger partial charge is 0.316 e. The van der Waals surface area contributed by atoms with Gasteiger partial charge < -0.3 is 10.1 Å². The Kier molecular flexibility index (Phi) is 6.28. The highest BCUT2D eigenvalue weighted by molar-refractivity contribution is 6.30. The Labute approximate surface area is 193 Å². The highest BCUT2D eigenvalue weighted by Gasteiger charge is 2.46. The number of aromatic nitrogens is 2. The van der Waals surface area contributed by atoms with Crippen LogP contribution >= 0.6 is 11.6 Å². The number of benzene rings is 1. The van der Waals surface area contributed by atoms with Gasteiger partial charge in [0.05, 0.1) is 19.7 Å². The van der Waals surface area contributed by atoms with Crippen LogP contribution in [0.5, 0.6) is 6.01 Å². The standard InChI is InChI=1S/C23H29ClN6O2/c1-32-23-25-10-16(11-26-23)22-18-8-15-12-30(6-5-14-3-2-4-17(24)7-14)13-21(31)27-19(15)9-20(18)28-29-22/h2-4,7,10-11,15,18-20,22,28-29H,5-6,8-9,12-13H2,1H3,(H,27,31). The number of hydrazine groups is 1. The van der Waals surface area contributed by atoms with E-state index in [0.29, 0.717) is 30.4 Å². The monoisotopic (exact) mass is 456 g/mol. The fourth-order valence-corrected chi connectivity index (χ4v) is 5.67. The van der Waals surface area contributed by atoms with Crippen molar-refractivity contribution in [2.45, 2.75) is 37.4 Å². The molecule has 2 saturated heterocycles. The maximum Gasteiger partial charge on any atom is 0.316 e. The van der Waals surface area contributed by atoms with E-state index in [4.69, 9.17) is 16.3 Å². The molecule has 9 heteroatoms. The van der Waals surface area contributed by atoms with Gasteiger partial charge in [-0.05, 0) is 48.8 Å². The molecule has 32 heavy (non-hydrogen) atoms. The van der Waals surface area contributed by atoms with Crippen molar-refractivity contribution in [3.05, 3.63) is 52.8 Å². The molecule has 1 aromatic carbocycles. The molecule has 170 valence electrons. The van der Waals surface area contributed by atoms with Crippen LogP contribution in [-0.4, -0.2) is 59.6 Å². The van der Waals surface area contributed by atoms with Gasteiger partial charge in [0, 0.05) is 48.2 Å². The summed E-state index contributed by atoms with van der Waals surface area (Å²) in [6.45, 7) is 2.21. The van der Waals surface area contributed by atoms with Crippen LogP contribution in [-0.2, 0) is 11.2 Å². The van der Waals surface area contributed by atoms with E-state index >= 15 is 0 Å². The number of hydrogen-bond acceptors (Lipinski definition) is 7. The second-order valence-corrected chi connectivity index (χ2v) is 9.50. The van der Waals surface area contributed by atoms with E-state index in [1.165, 1.54) is 5.56 Å². The Hall–Kier alpha value is -2.26. The second-order valence-electron chi connectivity index (χ2n) is 9.06. The topological polar surface area (TPSA) is 91.4 Å². The molecule has 5 atom stereocenters. The summed E-state index contributed by atoms with van der Waals surface area (Å²) >= 11 is 6.13. The largest absolute Gasteiger partial charge is 0.467 e. The Morgan fingerprint density at radius 1 is 1.19 bits per heavy atom. The summed E-state index contributed by atoms with van der Waals surface area (Å²) in [6.07, 6.45) is 6.51. The van der Waals surface area contributed by atoms with Crippen LogP contribution in [0.3, 0.4) is 0 Å². The maximum atomic E-state index is 12.6. The summed E-state index contributed by atoms with van der Waals surface area (Å²) < 4.78 is 5.10. The summed E-state index contributed by atoms with van der Waals surface area (Å²) in [5.41, 5.74) is 9.15. The number of carbonyl (C=O) groups excluding carboxylic acids is 1. The zero-order chi connectivity index (χ0) is 22.1. The summed E-state index contributed by atoms with van der Waals surface area (Å²) in [4.78, 5) is 23.5. The van der Waals surface area contributed by atoms with Gasteiger partial charge in [-0.15, -0.1) is 0 Å². The summed E-state index contributed by atoms with van der Waals surface area (Å²) in [5.74, 6) is 0.941. The van der Waals surface area contributed by atoms with Crippen LogP contribution < -0.4 is 20.9 Å². The van der Waals surface area contributed by atoms with Gasteiger partial charge in [-0.3, -0.25) is 15.1 Å². The number of hydrogen-bond donors (Lipinski definition) is 3. The minimum Gasteiger partial charge on any atom is -0.467 e. The molecule has 1 amide bonds. The minimum absolute atomic E-state index is 0.119. The normalized spacial score (nSPS) is 30.2. The predicted octanol–water partition coefficient (Wildman–Crippen LogP) is 1.73. The van der Waals surface area contributed by atoms with Crippen LogP contribution in [0, 0.1) is 11.8 Å². The molecule has 0 spiro atoms. The van der Waals surface area contributed by atoms with E-state index < -0.39 is 0 Å². The summed E-state index contributed by atoms with van der Waals surface area (Å²) in [7, 11) is 1.57. The molecule has 5 unspecified atom stereocenters. The highest BCUT2D eigenvalue weighted by atomic mass is 35.5. The van der Waals surface area contributed by atoms with E-state index in [2.05, 4.69) is 37.1 Å². The van der Waals surface area contributed by atoms with Crippen LogP contribution in [0.4, 0.5) is 0 Å². The Morgan fingerprint density at radius 2 is 2.03 bits per heavy atom. The van der Waals surface area contributed by atoms with Crippen LogP contribution in [0.2, 0.25) is 5.02 Å². The SMILES string of the molecule is COc1ncc(C2NNC3CC4NC(=O)CN(CCc5cccc(Cl)c5)CC4CC32)cn1. The average molecular weight is 457 g/mol. The fraction of sp³-hybridized carbons (Fsp3) is 0.522. The van der Waals surface area contributed by atoms with Crippen molar-refractivity contribution >= 4 is 17.5 Å². The number of rotatable bonds is 5. The van der Waals surface area contributed by atoms with Crippen molar-refractivity contribution in [2.75, 3.05) is 26.7 Å². The van der Waals surface area contributed by atoms with Crippen molar-refractivity contribution in [1.29, 1.82) is 0 Å². The second kappa shape index (κ2) is 9.31. The molecule has 1 saturated carbocycles. The number of nitrogens with zero attached hydrogens (tertiary/aromatic N) is 3. The third-order valence-corrected chi connectivity index (χ3v) is 7.26. The summed E-state index contributed by atoms with van der Waals surface area (Å²) in [6, 6.07) is 8.99. The molecule has 2 aliphatic heterocycles. The van der Waals surface area contributed by atoms with Crippen LogP contribution in [0.15, 0.2) is 36.7 Å². The highest BCUT2D eigenvalue weighted by Crippen LogP contribution is 2.41. The van der Waals surface area contributed by atoms with Gasteiger partial charge in [0.2, 0.25) is 5.91 Å². The first-order valence-electron chi connectivity index (χ1n) is 11.2. The van der Waals surface area contributed by atoms with Crippen molar-refractivity contribution in [1.82, 2.24) is 31.0 Å². The van der Waals surface area contributed by atoms with E-state index in [0.717, 1.165) is 42.9 Å². The number of fused-ring (bicyclic) bond motifs is 2. The molecule has 3 fully saturated rings. The zero-order valence-corrected chi connectivity index (χ0v) is 18.9. The molecule has 1 aromatic heterocycles. The number of ether oxygens (including phenoxy) is 1. The number of nitrogens with one attached hydrogen (secondary N) is 3. The van der Waals surface area contributed by atoms with E-state index in [1.54, 1.807) is 7.11 Å². The molecule has 3 N–H and O–H groups in total. The third-order valence-electron chi connectivity index (χ3n) is 7.02.